The summed E-state index contributed by atoms with van der Waals surface area (Å²) in [5, 5.41) is 12.8. The van der Waals surface area contributed by atoms with Gasteiger partial charge >= 0.3 is 0 Å². The lowest BCUT2D eigenvalue weighted by atomic mass is 10.1. The molecule has 170 valence electrons. The highest BCUT2D eigenvalue weighted by molar-refractivity contribution is 7.99. The van der Waals surface area contributed by atoms with Crippen molar-refractivity contribution in [1.82, 2.24) is 19.2 Å². The third kappa shape index (κ3) is 3.86. The van der Waals surface area contributed by atoms with Crippen LogP contribution in [-0.2, 0) is 4.79 Å². The molecule has 0 fully saturated rings. The largest absolute Gasteiger partial charge is 0.325 e. The number of nitrogens with one attached hydrogen (secondary N) is 1. The van der Waals surface area contributed by atoms with Crippen molar-refractivity contribution in [3.8, 4) is 5.69 Å². The SMILES string of the molecule is Cc1ccc(-n2c(=O)c3ccccc3n3c(SCC(=O)Nc4ccccc4C)nnc23)c(C)c1. The Morgan fingerprint density at radius 1 is 0.941 bits per heavy atom. The number of para-hydroxylation sites is 2. The molecular weight excluding hydrogens is 446 g/mol. The molecule has 0 atom stereocenters. The highest BCUT2D eigenvalue weighted by atomic mass is 32.2. The number of amides is 1. The predicted octanol–water partition coefficient (Wildman–Crippen LogP) is 4.69. The zero-order valence-corrected chi connectivity index (χ0v) is 19.9. The number of hydrogen-bond acceptors (Lipinski definition) is 5. The van der Waals surface area contributed by atoms with Gasteiger partial charge in [0.1, 0.15) is 0 Å². The van der Waals surface area contributed by atoms with Crippen LogP contribution >= 0.6 is 11.8 Å². The lowest BCUT2D eigenvalue weighted by Gasteiger charge is -2.13. The predicted molar refractivity (Wildman–Crippen MR) is 136 cm³/mol. The maximum atomic E-state index is 13.5. The van der Waals surface area contributed by atoms with Gasteiger partial charge in [0, 0.05) is 5.69 Å². The summed E-state index contributed by atoms with van der Waals surface area (Å²) in [6.45, 7) is 5.94. The topological polar surface area (TPSA) is 81.3 Å². The van der Waals surface area contributed by atoms with Crippen molar-refractivity contribution < 1.29 is 4.79 Å². The van der Waals surface area contributed by atoms with Crippen molar-refractivity contribution in [2.24, 2.45) is 0 Å². The maximum absolute atomic E-state index is 13.5. The summed E-state index contributed by atoms with van der Waals surface area (Å²) in [5.41, 5.74) is 5.17. The second-order valence-electron chi connectivity index (χ2n) is 8.22. The summed E-state index contributed by atoms with van der Waals surface area (Å²) in [6, 6.07) is 21.0. The van der Waals surface area contributed by atoms with Crippen LogP contribution in [0, 0.1) is 20.8 Å². The molecule has 1 N–H and O–H groups in total. The summed E-state index contributed by atoms with van der Waals surface area (Å²) >= 11 is 1.28. The number of thioether (sulfide) groups is 1. The van der Waals surface area contributed by atoms with Gasteiger partial charge in [0.15, 0.2) is 5.16 Å². The van der Waals surface area contributed by atoms with Crippen LogP contribution in [0.15, 0.2) is 76.7 Å². The van der Waals surface area contributed by atoms with Gasteiger partial charge < -0.3 is 5.32 Å². The average molecular weight is 470 g/mol. The fourth-order valence-corrected chi connectivity index (χ4v) is 4.82. The smallest absolute Gasteiger partial charge is 0.267 e. The molecule has 0 radical (unpaired) electrons. The number of aryl methyl sites for hydroxylation is 3. The van der Waals surface area contributed by atoms with Gasteiger partial charge in [-0.25, -0.2) is 4.57 Å². The summed E-state index contributed by atoms with van der Waals surface area (Å²) in [5.74, 6) is 0.437. The molecule has 0 aliphatic heterocycles. The van der Waals surface area contributed by atoms with Gasteiger partial charge in [-0.1, -0.05) is 59.8 Å². The van der Waals surface area contributed by atoms with E-state index in [-0.39, 0.29) is 17.2 Å². The highest BCUT2D eigenvalue weighted by Gasteiger charge is 2.19. The van der Waals surface area contributed by atoms with E-state index in [4.69, 9.17) is 0 Å². The molecule has 5 aromatic rings. The first-order chi connectivity index (χ1) is 16.4. The second-order valence-corrected chi connectivity index (χ2v) is 9.16. The Labute approximate surface area is 200 Å². The monoisotopic (exact) mass is 469 g/mol. The second kappa shape index (κ2) is 8.79. The molecule has 0 aliphatic rings. The van der Waals surface area contributed by atoms with E-state index in [9.17, 15) is 9.59 Å². The zero-order valence-electron chi connectivity index (χ0n) is 19.1. The van der Waals surface area contributed by atoms with Crippen molar-refractivity contribution in [3.63, 3.8) is 0 Å². The van der Waals surface area contributed by atoms with Gasteiger partial charge in [0.2, 0.25) is 11.7 Å². The van der Waals surface area contributed by atoms with Gasteiger partial charge in [-0.05, 0) is 56.2 Å². The third-order valence-electron chi connectivity index (χ3n) is 5.74. The van der Waals surface area contributed by atoms with Crippen LogP contribution in [0.3, 0.4) is 0 Å². The van der Waals surface area contributed by atoms with Gasteiger partial charge in [-0.3, -0.25) is 14.0 Å². The molecule has 0 unspecified atom stereocenters. The van der Waals surface area contributed by atoms with E-state index in [1.54, 1.807) is 10.6 Å². The van der Waals surface area contributed by atoms with Crippen LogP contribution in [0.2, 0.25) is 0 Å². The van der Waals surface area contributed by atoms with E-state index in [0.717, 1.165) is 28.1 Å². The van der Waals surface area contributed by atoms with Crippen LogP contribution in [0.25, 0.3) is 22.4 Å². The van der Waals surface area contributed by atoms with Gasteiger partial charge in [0.25, 0.3) is 5.56 Å². The minimum Gasteiger partial charge on any atom is -0.325 e. The molecule has 0 aliphatic carbocycles. The van der Waals surface area contributed by atoms with E-state index >= 15 is 0 Å². The molecule has 2 heterocycles. The van der Waals surface area contributed by atoms with Crippen LogP contribution in [0.4, 0.5) is 5.69 Å². The number of carbonyl (C=O) groups is 1. The first-order valence-corrected chi connectivity index (χ1v) is 11.9. The summed E-state index contributed by atoms with van der Waals surface area (Å²) in [6.07, 6.45) is 0. The molecule has 7 nitrogen and oxygen atoms in total. The van der Waals surface area contributed by atoms with E-state index in [1.807, 2.05) is 85.8 Å². The number of fused-ring (bicyclic) bond motifs is 3. The van der Waals surface area contributed by atoms with Crippen molar-refractivity contribution in [1.29, 1.82) is 0 Å². The lowest BCUT2D eigenvalue weighted by Crippen LogP contribution is -2.22. The van der Waals surface area contributed by atoms with Crippen molar-refractivity contribution >= 4 is 40.0 Å². The molecule has 5 rings (SSSR count). The highest BCUT2D eigenvalue weighted by Crippen LogP contribution is 2.25. The standard InChI is InChI=1S/C26H23N5O2S/c1-16-12-13-21(18(3)14-16)30-24(33)19-9-5-7-11-22(19)31-25(30)28-29-26(31)34-15-23(32)27-20-10-6-4-8-17(20)2/h4-14H,15H2,1-3H3,(H,27,32). The normalized spacial score (nSPS) is 11.3. The number of nitrogens with zero attached hydrogens (tertiary/aromatic N) is 4. The Morgan fingerprint density at radius 3 is 2.50 bits per heavy atom. The number of anilines is 1. The summed E-state index contributed by atoms with van der Waals surface area (Å²) in [7, 11) is 0. The molecule has 34 heavy (non-hydrogen) atoms. The van der Waals surface area contributed by atoms with Crippen molar-refractivity contribution in [2.45, 2.75) is 25.9 Å². The molecular formula is C26H23N5O2S. The van der Waals surface area contributed by atoms with E-state index in [1.165, 1.54) is 11.8 Å². The van der Waals surface area contributed by atoms with Crippen LogP contribution in [0.1, 0.15) is 16.7 Å². The number of hydrogen-bond donors (Lipinski definition) is 1. The van der Waals surface area contributed by atoms with Crippen LogP contribution in [-0.4, -0.2) is 30.8 Å². The zero-order chi connectivity index (χ0) is 23.8. The molecule has 1 amide bonds. The first kappa shape index (κ1) is 21.9. The number of rotatable bonds is 5. The Morgan fingerprint density at radius 2 is 1.71 bits per heavy atom. The lowest BCUT2D eigenvalue weighted by molar-refractivity contribution is -0.113. The first-order valence-electron chi connectivity index (χ1n) is 10.9. The molecule has 0 saturated heterocycles. The van der Waals surface area contributed by atoms with Crippen LogP contribution in [0.5, 0.6) is 0 Å². The third-order valence-corrected chi connectivity index (χ3v) is 6.67. The Bertz CT molecular complexity index is 1620. The number of benzene rings is 3. The summed E-state index contributed by atoms with van der Waals surface area (Å²) < 4.78 is 3.45. The quantitative estimate of drug-likeness (QED) is 0.378. The van der Waals surface area contributed by atoms with Gasteiger partial charge in [-0.15, -0.1) is 10.2 Å². The number of aromatic nitrogens is 4. The average Bonchev–Trinajstić information content (AvgIpc) is 3.24. The Balaban J connectivity index is 1.58. The fourth-order valence-electron chi connectivity index (χ4n) is 4.08. The maximum Gasteiger partial charge on any atom is 0.267 e. The fraction of sp³-hybridized carbons (Fsp3) is 0.154. The minimum atomic E-state index is -0.156. The molecule has 3 aromatic carbocycles. The van der Waals surface area contributed by atoms with Crippen molar-refractivity contribution in [2.75, 3.05) is 11.1 Å². The molecule has 0 bridgehead atoms. The Hall–Kier alpha value is -3.91. The van der Waals surface area contributed by atoms with E-state index in [0.29, 0.717) is 21.8 Å². The Kier molecular flexibility index (Phi) is 5.67. The van der Waals surface area contributed by atoms with E-state index < -0.39 is 0 Å². The van der Waals surface area contributed by atoms with Crippen LogP contribution < -0.4 is 10.9 Å². The minimum absolute atomic E-state index is 0.136. The molecule has 0 saturated carbocycles. The molecule has 8 heteroatoms. The molecule has 2 aromatic heterocycles. The summed E-state index contributed by atoms with van der Waals surface area (Å²) in [4.78, 5) is 26.1. The molecule has 0 spiro atoms. The van der Waals surface area contributed by atoms with Gasteiger partial charge in [-0.2, -0.15) is 0 Å². The van der Waals surface area contributed by atoms with Gasteiger partial charge in [0.05, 0.1) is 22.3 Å². The van der Waals surface area contributed by atoms with E-state index in [2.05, 4.69) is 15.5 Å². The van der Waals surface area contributed by atoms with Crippen molar-refractivity contribution in [3.05, 3.63) is 93.8 Å². The number of carbonyl (C=O) groups excluding carboxylic acids is 1.